The van der Waals surface area contributed by atoms with Gasteiger partial charge in [0, 0.05) is 6.54 Å². The van der Waals surface area contributed by atoms with Crippen molar-refractivity contribution in [1.82, 2.24) is 4.90 Å². The third-order valence-electron chi connectivity index (χ3n) is 0.823. The first-order valence-electron chi connectivity index (χ1n) is 2.74. The number of likely N-dealkylation sites (N-methyl/N-ethyl adjacent to an activating group) is 1. The summed E-state index contributed by atoms with van der Waals surface area (Å²) in [6.07, 6.45) is 1.13. The standard InChI is InChI=1S/C6H9ClFNO/c1-9(2)4-3-5(8)6(7)10/h3H,4H2,1-2H3/b5-3-. The van der Waals surface area contributed by atoms with Crippen molar-refractivity contribution in [2.45, 2.75) is 0 Å². The first-order chi connectivity index (χ1) is 4.54. The molecular formula is C6H9ClFNO. The average Bonchev–Trinajstić information content (AvgIpc) is 1.82. The Labute approximate surface area is 64.3 Å². The van der Waals surface area contributed by atoms with Crippen LogP contribution in [0.25, 0.3) is 0 Å². The monoisotopic (exact) mass is 165 g/mol. The molecule has 0 amide bonds. The SMILES string of the molecule is CN(C)C/C=C(\F)C(=O)Cl. The molecule has 0 radical (unpaired) electrons. The molecule has 0 unspecified atom stereocenters. The summed E-state index contributed by atoms with van der Waals surface area (Å²) in [6, 6.07) is 0. The average molecular weight is 166 g/mol. The van der Waals surface area contributed by atoms with E-state index in [1.165, 1.54) is 0 Å². The van der Waals surface area contributed by atoms with Gasteiger partial charge in [0.1, 0.15) is 0 Å². The highest BCUT2D eigenvalue weighted by molar-refractivity contribution is 6.67. The van der Waals surface area contributed by atoms with Crippen LogP contribution < -0.4 is 0 Å². The molecule has 4 heteroatoms. The molecular weight excluding hydrogens is 157 g/mol. The molecule has 0 heterocycles. The van der Waals surface area contributed by atoms with Gasteiger partial charge in [-0.2, -0.15) is 0 Å². The van der Waals surface area contributed by atoms with E-state index in [0.29, 0.717) is 6.54 Å². The molecule has 58 valence electrons. The number of allylic oxidation sites excluding steroid dienone is 1. The van der Waals surface area contributed by atoms with Gasteiger partial charge in [0.05, 0.1) is 0 Å². The fourth-order valence-corrected chi connectivity index (χ4v) is 0.420. The molecule has 0 aromatic rings. The van der Waals surface area contributed by atoms with Crippen molar-refractivity contribution in [2.24, 2.45) is 0 Å². The molecule has 0 aliphatic rings. The van der Waals surface area contributed by atoms with Gasteiger partial charge in [-0.05, 0) is 31.8 Å². The minimum Gasteiger partial charge on any atom is -0.306 e. The molecule has 0 bridgehead atoms. The highest BCUT2D eigenvalue weighted by atomic mass is 35.5. The Morgan fingerprint density at radius 3 is 2.50 bits per heavy atom. The molecule has 0 N–H and O–H groups in total. The predicted molar refractivity (Wildman–Crippen MR) is 38.6 cm³/mol. The van der Waals surface area contributed by atoms with Crippen LogP contribution in [-0.4, -0.2) is 30.8 Å². The third kappa shape index (κ3) is 4.47. The van der Waals surface area contributed by atoms with Crippen LogP contribution in [0.4, 0.5) is 4.39 Å². The zero-order valence-electron chi connectivity index (χ0n) is 5.90. The molecule has 0 aliphatic carbocycles. The molecule has 0 aliphatic heterocycles. The summed E-state index contributed by atoms with van der Waals surface area (Å²) in [4.78, 5) is 11.8. The summed E-state index contributed by atoms with van der Waals surface area (Å²) in [5, 5.41) is -1.04. The molecule has 0 spiro atoms. The molecule has 2 nitrogen and oxygen atoms in total. The van der Waals surface area contributed by atoms with Gasteiger partial charge in [0.25, 0.3) is 5.24 Å². The van der Waals surface area contributed by atoms with Crippen LogP contribution in [0.15, 0.2) is 11.9 Å². The lowest BCUT2D eigenvalue weighted by Crippen LogP contribution is -2.11. The van der Waals surface area contributed by atoms with Crippen molar-refractivity contribution < 1.29 is 9.18 Å². The summed E-state index contributed by atoms with van der Waals surface area (Å²) in [7, 11) is 3.53. The summed E-state index contributed by atoms with van der Waals surface area (Å²) < 4.78 is 12.2. The van der Waals surface area contributed by atoms with Crippen LogP contribution in [0.5, 0.6) is 0 Å². The zero-order valence-corrected chi connectivity index (χ0v) is 6.65. The molecule has 0 atom stereocenters. The normalized spacial score (nSPS) is 12.3. The van der Waals surface area contributed by atoms with Gasteiger partial charge in [0.2, 0.25) is 0 Å². The summed E-state index contributed by atoms with van der Waals surface area (Å²) in [5.41, 5.74) is 0. The molecule has 0 fully saturated rings. The number of hydrogen-bond acceptors (Lipinski definition) is 2. The van der Waals surface area contributed by atoms with Crippen molar-refractivity contribution >= 4 is 16.8 Å². The van der Waals surface area contributed by atoms with E-state index in [1.807, 2.05) is 0 Å². The number of carbonyl (C=O) groups excluding carboxylic acids is 1. The van der Waals surface area contributed by atoms with Crippen molar-refractivity contribution in [3.63, 3.8) is 0 Å². The maximum atomic E-state index is 12.2. The number of halogens is 2. The van der Waals surface area contributed by atoms with Crippen LogP contribution in [0.3, 0.4) is 0 Å². The molecule has 10 heavy (non-hydrogen) atoms. The highest BCUT2D eigenvalue weighted by Gasteiger charge is 2.02. The topological polar surface area (TPSA) is 20.3 Å². The summed E-state index contributed by atoms with van der Waals surface area (Å²) in [6.45, 7) is 0.379. The number of hydrogen-bond donors (Lipinski definition) is 0. The van der Waals surface area contributed by atoms with Crippen LogP contribution in [0, 0.1) is 0 Å². The summed E-state index contributed by atoms with van der Waals surface area (Å²) in [5.74, 6) is -0.893. The van der Waals surface area contributed by atoms with E-state index in [2.05, 4.69) is 0 Å². The van der Waals surface area contributed by atoms with E-state index in [4.69, 9.17) is 11.6 Å². The minimum absolute atomic E-state index is 0.379. The Morgan fingerprint density at radius 2 is 2.20 bits per heavy atom. The Balaban J connectivity index is 3.81. The van der Waals surface area contributed by atoms with Crippen molar-refractivity contribution in [2.75, 3.05) is 20.6 Å². The fraction of sp³-hybridized carbons (Fsp3) is 0.500. The first kappa shape index (κ1) is 9.59. The van der Waals surface area contributed by atoms with Gasteiger partial charge >= 0.3 is 0 Å². The highest BCUT2D eigenvalue weighted by Crippen LogP contribution is 2.00. The number of rotatable bonds is 3. The minimum atomic E-state index is -1.04. The molecule has 0 rings (SSSR count). The Bertz CT molecular complexity index is 156. The summed E-state index contributed by atoms with van der Waals surface area (Å²) >= 11 is 4.81. The predicted octanol–water partition coefficient (Wildman–Crippen LogP) is 1.17. The fourth-order valence-electron chi connectivity index (χ4n) is 0.343. The van der Waals surface area contributed by atoms with Gasteiger partial charge < -0.3 is 4.90 Å². The van der Waals surface area contributed by atoms with E-state index >= 15 is 0 Å². The second-order valence-corrected chi connectivity index (χ2v) is 2.43. The number of carbonyl (C=O) groups is 1. The van der Waals surface area contributed by atoms with E-state index in [1.54, 1.807) is 19.0 Å². The van der Waals surface area contributed by atoms with Crippen molar-refractivity contribution in [1.29, 1.82) is 0 Å². The smallest absolute Gasteiger partial charge is 0.280 e. The Morgan fingerprint density at radius 1 is 1.70 bits per heavy atom. The molecule has 0 saturated heterocycles. The van der Waals surface area contributed by atoms with Gasteiger partial charge in [-0.3, -0.25) is 4.79 Å². The van der Waals surface area contributed by atoms with E-state index in [0.717, 1.165) is 6.08 Å². The first-order valence-corrected chi connectivity index (χ1v) is 3.12. The molecule has 0 aromatic carbocycles. The van der Waals surface area contributed by atoms with Crippen LogP contribution in [-0.2, 0) is 4.79 Å². The lowest BCUT2D eigenvalue weighted by Gasteiger charge is -2.02. The molecule has 0 aromatic heterocycles. The quantitative estimate of drug-likeness (QED) is 0.462. The van der Waals surface area contributed by atoms with Gasteiger partial charge in [0.15, 0.2) is 5.83 Å². The third-order valence-corrected chi connectivity index (χ3v) is 1.00. The van der Waals surface area contributed by atoms with Crippen molar-refractivity contribution in [3.05, 3.63) is 11.9 Å². The Hall–Kier alpha value is -0.410. The Kier molecular flexibility index (Phi) is 4.23. The van der Waals surface area contributed by atoms with Crippen LogP contribution in [0.2, 0.25) is 0 Å². The van der Waals surface area contributed by atoms with Gasteiger partial charge in [-0.1, -0.05) is 0 Å². The van der Waals surface area contributed by atoms with E-state index in [-0.39, 0.29) is 0 Å². The zero-order chi connectivity index (χ0) is 8.15. The lowest BCUT2D eigenvalue weighted by atomic mass is 10.5. The van der Waals surface area contributed by atoms with Gasteiger partial charge in [-0.15, -0.1) is 0 Å². The second-order valence-electron chi connectivity index (χ2n) is 2.09. The molecule has 0 saturated carbocycles. The van der Waals surface area contributed by atoms with E-state index < -0.39 is 11.1 Å². The van der Waals surface area contributed by atoms with E-state index in [9.17, 15) is 9.18 Å². The number of nitrogens with zero attached hydrogens (tertiary/aromatic N) is 1. The maximum absolute atomic E-state index is 12.2. The lowest BCUT2D eigenvalue weighted by molar-refractivity contribution is -0.109. The maximum Gasteiger partial charge on any atom is 0.280 e. The largest absolute Gasteiger partial charge is 0.306 e. The second kappa shape index (κ2) is 4.41. The van der Waals surface area contributed by atoms with Crippen LogP contribution >= 0.6 is 11.6 Å². The van der Waals surface area contributed by atoms with Crippen LogP contribution in [0.1, 0.15) is 0 Å². The van der Waals surface area contributed by atoms with Gasteiger partial charge in [-0.25, -0.2) is 4.39 Å². The van der Waals surface area contributed by atoms with Crippen molar-refractivity contribution in [3.8, 4) is 0 Å².